The van der Waals surface area contributed by atoms with Crippen LogP contribution in [0.15, 0.2) is 12.1 Å². The maximum atomic E-state index is 11.0. The lowest BCUT2D eigenvalue weighted by atomic mass is 10.0. The third-order valence-corrected chi connectivity index (χ3v) is 2.81. The Morgan fingerprint density at radius 1 is 1.65 bits per heavy atom. The molecule has 92 valence electrons. The molecule has 0 saturated heterocycles. The first kappa shape index (κ1) is 11.7. The number of carbonyl (C=O) groups excluding carboxylic acids is 1. The average Bonchev–Trinajstić information content (AvgIpc) is 2.65. The maximum Gasteiger partial charge on any atom is 0.251 e. The fourth-order valence-electron chi connectivity index (χ4n) is 2.00. The van der Waals surface area contributed by atoms with Crippen molar-refractivity contribution in [2.75, 3.05) is 7.11 Å². The number of nitrogens with two attached hydrogens (primary N) is 1. The van der Waals surface area contributed by atoms with Crippen LogP contribution in [0.4, 0.5) is 0 Å². The van der Waals surface area contributed by atoms with Gasteiger partial charge in [-0.15, -0.1) is 0 Å². The number of hydrogen-bond donors (Lipinski definition) is 2. The highest BCUT2D eigenvalue weighted by Gasteiger charge is 2.26. The van der Waals surface area contributed by atoms with E-state index in [2.05, 4.69) is 0 Å². The Morgan fingerprint density at radius 2 is 2.35 bits per heavy atom. The summed E-state index contributed by atoms with van der Waals surface area (Å²) in [5.41, 5.74) is 6.43. The van der Waals surface area contributed by atoms with Gasteiger partial charge in [-0.3, -0.25) is 4.79 Å². The number of primary amides is 1. The van der Waals surface area contributed by atoms with Crippen molar-refractivity contribution in [1.82, 2.24) is 0 Å². The third kappa shape index (κ3) is 2.06. The quantitative estimate of drug-likeness (QED) is 0.803. The van der Waals surface area contributed by atoms with Crippen LogP contribution in [-0.2, 0) is 11.2 Å². The predicted molar refractivity (Wildman–Crippen MR) is 60.9 cm³/mol. The lowest BCUT2D eigenvalue weighted by molar-refractivity contribution is -0.126. The molecule has 2 rings (SSSR count). The zero-order valence-corrected chi connectivity index (χ0v) is 9.77. The van der Waals surface area contributed by atoms with Gasteiger partial charge in [-0.05, 0) is 19.1 Å². The number of ether oxygens (including phenoxy) is 2. The summed E-state index contributed by atoms with van der Waals surface area (Å²) in [5.74, 6) is 0.315. The summed E-state index contributed by atoms with van der Waals surface area (Å²) < 4.78 is 10.7. The second kappa shape index (κ2) is 4.25. The van der Waals surface area contributed by atoms with Crippen LogP contribution in [0.5, 0.6) is 11.5 Å². The SMILES string of the molecule is COc1cc2c(cc1C(O)C(N)=O)OC(C)C2. The topological polar surface area (TPSA) is 81.8 Å². The molecule has 1 amide bonds. The molecule has 17 heavy (non-hydrogen) atoms. The zero-order valence-electron chi connectivity index (χ0n) is 9.77. The highest BCUT2D eigenvalue weighted by molar-refractivity contribution is 5.81. The number of hydrogen-bond acceptors (Lipinski definition) is 4. The van der Waals surface area contributed by atoms with Gasteiger partial charge in [0.05, 0.1) is 7.11 Å². The third-order valence-electron chi connectivity index (χ3n) is 2.81. The molecular formula is C12H15NO4. The highest BCUT2D eigenvalue weighted by Crippen LogP contribution is 2.37. The van der Waals surface area contributed by atoms with Gasteiger partial charge in [0.25, 0.3) is 5.91 Å². The molecule has 0 spiro atoms. The van der Waals surface area contributed by atoms with E-state index in [0.717, 1.165) is 12.0 Å². The summed E-state index contributed by atoms with van der Waals surface area (Å²) in [5, 5.41) is 9.70. The van der Waals surface area contributed by atoms with Crippen molar-refractivity contribution in [3.8, 4) is 11.5 Å². The molecule has 1 heterocycles. The fourth-order valence-corrected chi connectivity index (χ4v) is 2.00. The molecule has 1 aromatic rings. The Bertz CT molecular complexity index is 458. The first-order valence-corrected chi connectivity index (χ1v) is 5.37. The van der Waals surface area contributed by atoms with E-state index in [1.54, 1.807) is 12.1 Å². The zero-order chi connectivity index (χ0) is 12.6. The van der Waals surface area contributed by atoms with E-state index >= 15 is 0 Å². The minimum Gasteiger partial charge on any atom is -0.496 e. The Kier molecular flexibility index (Phi) is 2.93. The fraction of sp³-hybridized carbons (Fsp3) is 0.417. The molecule has 5 nitrogen and oxygen atoms in total. The number of fused-ring (bicyclic) bond motifs is 1. The van der Waals surface area contributed by atoms with Gasteiger partial charge in [0.2, 0.25) is 0 Å². The molecule has 1 aromatic carbocycles. The second-order valence-electron chi connectivity index (χ2n) is 4.14. The molecule has 2 unspecified atom stereocenters. The van der Waals surface area contributed by atoms with Crippen LogP contribution in [0.25, 0.3) is 0 Å². The lowest BCUT2D eigenvalue weighted by Crippen LogP contribution is -2.21. The molecule has 0 aliphatic carbocycles. The van der Waals surface area contributed by atoms with Crippen LogP contribution in [0.1, 0.15) is 24.2 Å². The standard InChI is InChI=1S/C12H15NO4/c1-6-3-7-4-10(16-2)8(5-9(7)17-6)11(14)12(13)15/h4-6,11,14H,3H2,1-2H3,(H2,13,15). The van der Waals surface area contributed by atoms with Crippen molar-refractivity contribution < 1.29 is 19.4 Å². The van der Waals surface area contributed by atoms with Gasteiger partial charge >= 0.3 is 0 Å². The van der Waals surface area contributed by atoms with Crippen LogP contribution >= 0.6 is 0 Å². The molecule has 0 bridgehead atoms. The van der Waals surface area contributed by atoms with Crippen LogP contribution in [-0.4, -0.2) is 24.2 Å². The average molecular weight is 237 g/mol. The van der Waals surface area contributed by atoms with Crippen molar-refractivity contribution in [1.29, 1.82) is 0 Å². The van der Waals surface area contributed by atoms with E-state index < -0.39 is 12.0 Å². The van der Waals surface area contributed by atoms with E-state index in [9.17, 15) is 9.90 Å². The van der Waals surface area contributed by atoms with Gasteiger partial charge in [-0.1, -0.05) is 0 Å². The summed E-state index contributed by atoms with van der Waals surface area (Å²) in [6, 6.07) is 3.40. The van der Waals surface area contributed by atoms with E-state index in [1.165, 1.54) is 7.11 Å². The Hall–Kier alpha value is -1.75. The van der Waals surface area contributed by atoms with Gasteiger partial charge in [0, 0.05) is 17.5 Å². The van der Waals surface area contributed by atoms with Crippen LogP contribution in [0.2, 0.25) is 0 Å². The molecule has 0 saturated carbocycles. The van der Waals surface area contributed by atoms with Crippen molar-refractivity contribution >= 4 is 5.91 Å². The minimum atomic E-state index is -1.38. The lowest BCUT2D eigenvalue weighted by Gasteiger charge is -2.13. The molecule has 0 fully saturated rings. The minimum absolute atomic E-state index is 0.0932. The first-order chi connectivity index (χ1) is 8.02. The summed E-state index contributed by atoms with van der Waals surface area (Å²) in [6.07, 6.45) is -0.496. The number of methoxy groups -OCH3 is 1. The van der Waals surface area contributed by atoms with Gasteiger partial charge in [0.15, 0.2) is 6.10 Å². The van der Waals surface area contributed by atoms with E-state index in [-0.39, 0.29) is 6.10 Å². The van der Waals surface area contributed by atoms with Gasteiger partial charge < -0.3 is 20.3 Å². The largest absolute Gasteiger partial charge is 0.496 e. The number of benzene rings is 1. The number of aliphatic hydroxyl groups excluding tert-OH is 1. The monoisotopic (exact) mass is 237 g/mol. The summed E-state index contributed by atoms with van der Waals surface area (Å²) >= 11 is 0. The van der Waals surface area contributed by atoms with Crippen molar-refractivity contribution in [2.45, 2.75) is 25.6 Å². The first-order valence-electron chi connectivity index (χ1n) is 5.37. The molecule has 0 aromatic heterocycles. The Labute approximate surface area is 99.1 Å². The summed E-state index contributed by atoms with van der Waals surface area (Å²) in [7, 11) is 1.48. The summed E-state index contributed by atoms with van der Waals surface area (Å²) in [6.45, 7) is 1.96. The number of aliphatic hydroxyl groups is 1. The van der Waals surface area contributed by atoms with Crippen molar-refractivity contribution in [3.63, 3.8) is 0 Å². The van der Waals surface area contributed by atoms with Crippen LogP contribution in [0.3, 0.4) is 0 Å². The molecule has 3 N–H and O–H groups in total. The van der Waals surface area contributed by atoms with Crippen molar-refractivity contribution in [3.05, 3.63) is 23.3 Å². The summed E-state index contributed by atoms with van der Waals surface area (Å²) in [4.78, 5) is 11.0. The Balaban J connectivity index is 2.46. The molecule has 2 atom stereocenters. The molecule has 1 aliphatic heterocycles. The number of amides is 1. The smallest absolute Gasteiger partial charge is 0.251 e. The number of rotatable bonds is 3. The second-order valence-corrected chi connectivity index (χ2v) is 4.14. The highest BCUT2D eigenvalue weighted by atomic mass is 16.5. The molecular weight excluding hydrogens is 222 g/mol. The van der Waals surface area contributed by atoms with E-state index in [0.29, 0.717) is 17.1 Å². The van der Waals surface area contributed by atoms with Crippen LogP contribution in [0, 0.1) is 0 Å². The van der Waals surface area contributed by atoms with Gasteiger partial charge in [0.1, 0.15) is 17.6 Å². The Morgan fingerprint density at radius 3 is 2.94 bits per heavy atom. The number of carbonyl (C=O) groups is 1. The normalized spacial score (nSPS) is 19.4. The molecule has 1 aliphatic rings. The van der Waals surface area contributed by atoms with Crippen LogP contribution < -0.4 is 15.2 Å². The van der Waals surface area contributed by atoms with E-state index in [1.807, 2.05) is 6.92 Å². The molecule has 0 radical (unpaired) electrons. The van der Waals surface area contributed by atoms with Gasteiger partial charge in [-0.25, -0.2) is 0 Å². The van der Waals surface area contributed by atoms with Crippen molar-refractivity contribution in [2.24, 2.45) is 5.73 Å². The van der Waals surface area contributed by atoms with Gasteiger partial charge in [-0.2, -0.15) is 0 Å². The van der Waals surface area contributed by atoms with E-state index in [4.69, 9.17) is 15.2 Å². The predicted octanol–water partition coefficient (Wildman–Crippen LogP) is 0.537. The molecule has 5 heteroatoms. The maximum absolute atomic E-state index is 11.0.